The maximum Gasteiger partial charge on any atom is 0.267 e. The number of rotatable bonds is 8. The Labute approximate surface area is 374 Å². The number of imidazole rings is 1. The number of hydrogen-bond acceptors (Lipinski definition) is 2. The van der Waals surface area contributed by atoms with Crippen LogP contribution in [0.25, 0.3) is 50.1 Å². The Balaban J connectivity index is 0.00000514. The van der Waals surface area contributed by atoms with Gasteiger partial charge in [-0.2, -0.15) is 12.1 Å². The second-order valence-corrected chi connectivity index (χ2v) is 18.3. The maximum absolute atomic E-state index is 6.82. The number of benzene rings is 6. The molecule has 9 aromatic rings. The van der Waals surface area contributed by atoms with Crippen LogP contribution in [0.15, 0.2) is 158 Å². The number of ether oxygens (including phenoxy) is 1. The largest absolute Gasteiger partial charge is 0.510 e. The summed E-state index contributed by atoms with van der Waals surface area (Å²) < 4.78 is 13.3. The van der Waals surface area contributed by atoms with Gasteiger partial charge in [0.2, 0.25) is 0 Å². The molecule has 0 radical (unpaired) electrons. The van der Waals surface area contributed by atoms with Gasteiger partial charge in [0.15, 0.2) is 0 Å². The quantitative estimate of drug-likeness (QED) is 0.112. The summed E-state index contributed by atoms with van der Waals surface area (Å²) >= 11 is 0. The average molecular weight is 978 g/mol. The molecule has 61 heavy (non-hydrogen) atoms. The van der Waals surface area contributed by atoms with Gasteiger partial charge in [-0.05, 0) is 74.5 Å². The molecule has 6 aromatic carbocycles. The predicted molar refractivity (Wildman–Crippen MR) is 244 cm³/mol. The van der Waals surface area contributed by atoms with Crippen LogP contribution in [0.5, 0.6) is 11.5 Å². The Morgan fingerprint density at radius 3 is 2.02 bits per heavy atom. The standard InChI is InChI=1S/C55H50N4O.Pt/c1-53(2,3)41-22-17-23-43(32-41)57-36-51(54(4,5)6)58(37-57)44-30-39(38-18-11-9-12-19-38)31-46(34-44)60-45-26-27-48-47-24-15-16-25-49(47)59(50(48)35-45)52-33-42(28-29-56-52)55(7,8)40-20-13-10-14-21-40;/h9-33,36H,1-8H3;/q-2;. The third-order valence-corrected chi connectivity index (χ3v) is 11.6. The van der Waals surface area contributed by atoms with Gasteiger partial charge in [-0.3, -0.25) is 4.57 Å². The minimum absolute atomic E-state index is 0. The van der Waals surface area contributed by atoms with E-state index in [9.17, 15) is 0 Å². The smallest absolute Gasteiger partial charge is 0.267 e. The molecule has 0 fully saturated rings. The van der Waals surface area contributed by atoms with E-state index in [2.05, 4.69) is 227 Å². The predicted octanol–water partition coefficient (Wildman–Crippen LogP) is 13.0. The van der Waals surface area contributed by atoms with Crippen molar-refractivity contribution in [2.24, 2.45) is 0 Å². The summed E-state index contributed by atoms with van der Waals surface area (Å²) in [5.74, 6) is 1.99. The molecule has 0 aliphatic heterocycles. The van der Waals surface area contributed by atoms with Gasteiger partial charge in [0.05, 0.1) is 11.4 Å². The van der Waals surface area contributed by atoms with Crippen LogP contribution in [0.1, 0.15) is 77.8 Å². The molecule has 9 rings (SSSR count). The van der Waals surface area contributed by atoms with Crippen molar-refractivity contribution in [1.82, 2.24) is 14.1 Å². The Kier molecular flexibility index (Phi) is 11.0. The van der Waals surface area contributed by atoms with E-state index in [1.54, 1.807) is 0 Å². The van der Waals surface area contributed by atoms with E-state index in [1.165, 1.54) is 16.7 Å². The molecule has 3 heterocycles. The maximum atomic E-state index is 6.82. The van der Waals surface area contributed by atoms with E-state index in [1.807, 2.05) is 18.3 Å². The van der Waals surface area contributed by atoms with Gasteiger partial charge >= 0.3 is 0 Å². The van der Waals surface area contributed by atoms with Crippen molar-refractivity contribution >= 4 is 21.8 Å². The van der Waals surface area contributed by atoms with Gasteiger partial charge < -0.3 is 13.9 Å². The molecule has 5 nitrogen and oxygen atoms in total. The zero-order valence-corrected chi connectivity index (χ0v) is 38.3. The second-order valence-electron chi connectivity index (χ2n) is 18.3. The molecule has 0 bridgehead atoms. The monoisotopic (exact) mass is 977 g/mol. The fourth-order valence-electron chi connectivity index (χ4n) is 8.08. The number of aromatic nitrogens is 4. The van der Waals surface area contributed by atoms with Crippen molar-refractivity contribution in [1.29, 1.82) is 0 Å². The van der Waals surface area contributed by atoms with Gasteiger partial charge in [0.25, 0.3) is 6.33 Å². The molecular formula is C55H50N4OPt-2. The summed E-state index contributed by atoms with van der Waals surface area (Å²) in [5, 5.41) is 2.20. The fraction of sp³-hybridized carbons (Fsp3) is 0.200. The van der Waals surface area contributed by atoms with E-state index in [0.717, 1.165) is 55.8 Å². The summed E-state index contributed by atoms with van der Waals surface area (Å²) in [7, 11) is 0. The van der Waals surface area contributed by atoms with Crippen LogP contribution in [-0.4, -0.2) is 14.1 Å². The zero-order valence-electron chi connectivity index (χ0n) is 36.0. The first kappa shape index (κ1) is 41.7. The molecule has 6 heteroatoms. The zero-order chi connectivity index (χ0) is 41.8. The number of fused-ring (bicyclic) bond motifs is 3. The summed E-state index contributed by atoms with van der Waals surface area (Å²) in [5.41, 5.74) is 10.3. The Morgan fingerprint density at radius 2 is 1.28 bits per heavy atom. The third kappa shape index (κ3) is 8.12. The van der Waals surface area contributed by atoms with Crippen molar-refractivity contribution in [2.45, 2.75) is 71.6 Å². The Bertz CT molecular complexity index is 3000. The van der Waals surface area contributed by atoms with Crippen LogP contribution in [-0.2, 0) is 37.3 Å². The van der Waals surface area contributed by atoms with E-state index >= 15 is 0 Å². The molecule has 3 aromatic heterocycles. The van der Waals surface area contributed by atoms with Crippen molar-refractivity contribution < 1.29 is 30.4 Å². The average Bonchev–Trinajstić information content (AvgIpc) is 3.85. The topological polar surface area (TPSA) is 35.9 Å². The van der Waals surface area contributed by atoms with Crippen LogP contribution >= 0.6 is 0 Å². The van der Waals surface area contributed by atoms with Crippen molar-refractivity contribution in [3.63, 3.8) is 0 Å². The first-order valence-electron chi connectivity index (χ1n) is 20.7. The van der Waals surface area contributed by atoms with E-state index in [4.69, 9.17) is 9.72 Å². The molecule has 0 atom stereocenters. The molecule has 0 aliphatic rings. The summed E-state index contributed by atoms with van der Waals surface area (Å²) in [6, 6.07) is 58.3. The van der Waals surface area contributed by atoms with Gasteiger partial charge in [-0.1, -0.05) is 152 Å². The van der Waals surface area contributed by atoms with Gasteiger partial charge in [0, 0.05) is 55.9 Å². The van der Waals surface area contributed by atoms with Crippen molar-refractivity contribution in [2.75, 3.05) is 0 Å². The first-order valence-corrected chi connectivity index (χ1v) is 20.7. The minimum Gasteiger partial charge on any atom is -0.510 e. The van der Waals surface area contributed by atoms with Crippen molar-refractivity contribution in [3.05, 3.63) is 199 Å². The minimum atomic E-state index is -0.229. The Morgan fingerprint density at radius 1 is 0.574 bits per heavy atom. The summed E-state index contributed by atoms with van der Waals surface area (Å²) in [4.78, 5) is 4.95. The Hall–Kier alpha value is -6.03. The molecule has 0 saturated heterocycles. The molecular weight excluding hydrogens is 928 g/mol. The van der Waals surface area contributed by atoms with Crippen LogP contribution in [0.4, 0.5) is 0 Å². The molecule has 0 N–H and O–H groups in total. The third-order valence-electron chi connectivity index (χ3n) is 11.6. The summed E-state index contributed by atoms with van der Waals surface area (Å²) in [6.45, 7) is 18.0. The number of pyridine rings is 1. The van der Waals surface area contributed by atoms with Crippen LogP contribution < -0.4 is 9.30 Å². The molecule has 0 amide bonds. The van der Waals surface area contributed by atoms with Gasteiger partial charge in [-0.15, -0.1) is 35.2 Å². The number of nitrogens with zero attached hydrogens (tertiary/aromatic N) is 4. The van der Waals surface area contributed by atoms with E-state index in [0.29, 0.717) is 11.5 Å². The molecule has 0 saturated carbocycles. The SMILES string of the molecule is CC(C)(C)c1cccc(-[n+]2[c-]n(-c3[c-]c(Oc4[c-]c5c(cc4)c4ccccc4n5-c4cc(C(C)(C)c5ccccc5)ccn4)cc(-c4ccccc4)c3)c(C(C)(C)C)c2)c1.[Pt]. The van der Waals surface area contributed by atoms with Crippen LogP contribution in [0, 0.1) is 18.5 Å². The second kappa shape index (κ2) is 16.1. The molecule has 0 spiro atoms. The normalized spacial score (nSPS) is 12.1. The molecule has 0 unspecified atom stereocenters. The first-order chi connectivity index (χ1) is 28.7. The van der Waals surface area contributed by atoms with Gasteiger partial charge in [-0.25, -0.2) is 4.98 Å². The van der Waals surface area contributed by atoms with Crippen molar-refractivity contribution in [3.8, 4) is 39.8 Å². The number of hydrogen-bond donors (Lipinski definition) is 0. The van der Waals surface area contributed by atoms with Crippen LogP contribution in [0.3, 0.4) is 0 Å². The number of para-hydroxylation sites is 1. The van der Waals surface area contributed by atoms with E-state index in [-0.39, 0.29) is 37.3 Å². The van der Waals surface area contributed by atoms with Gasteiger partial charge in [0.1, 0.15) is 5.82 Å². The molecule has 0 aliphatic carbocycles. The van der Waals surface area contributed by atoms with Crippen LogP contribution in [0.2, 0.25) is 0 Å². The fourth-order valence-corrected chi connectivity index (χ4v) is 8.08. The van der Waals surface area contributed by atoms with E-state index < -0.39 is 0 Å². The molecule has 308 valence electrons. The summed E-state index contributed by atoms with van der Waals surface area (Å²) in [6.07, 6.45) is 7.79.